The van der Waals surface area contributed by atoms with E-state index in [1.54, 1.807) is 44.2 Å². The average Bonchev–Trinajstić information content (AvgIpc) is 2.59. The van der Waals surface area contributed by atoms with E-state index in [2.05, 4.69) is 15.8 Å². The number of para-hydroxylation sites is 1. The number of carbonyl (C=O) groups is 2. The van der Waals surface area contributed by atoms with Crippen LogP contribution in [-0.4, -0.2) is 22.6 Å². The summed E-state index contributed by atoms with van der Waals surface area (Å²) in [5, 5.41) is 17.0. The summed E-state index contributed by atoms with van der Waals surface area (Å²) >= 11 is 11.9. The first kappa shape index (κ1) is 19.8. The minimum absolute atomic E-state index is 0.0527. The molecule has 2 rings (SSSR count). The Hall–Kier alpha value is -2.57. The van der Waals surface area contributed by atoms with Crippen LogP contribution in [0, 0.1) is 6.92 Å². The largest absolute Gasteiger partial charge is 0.507 e. The molecule has 2 aromatic rings. The van der Waals surface area contributed by atoms with Gasteiger partial charge in [-0.25, -0.2) is 5.43 Å². The fourth-order valence-electron chi connectivity index (χ4n) is 2.12. The highest BCUT2D eigenvalue weighted by atomic mass is 35.5. The number of rotatable bonds is 5. The van der Waals surface area contributed by atoms with E-state index >= 15 is 0 Å². The van der Waals surface area contributed by atoms with Gasteiger partial charge in [0, 0.05) is 5.71 Å². The number of nitrogens with one attached hydrogen (secondary N) is 2. The van der Waals surface area contributed by atoms with Crippen molar-refractivity contribution in [1.29, 1.82) is 0 Å². The summed E-state index contributed by atoms with van der Waals surface area (Å²) in [4.78, 5) is 24.1. The number of nitrogens with zero attached hydrogens (tertiary/aromatic N) is 1. The molecule has 0 atom stereocenters. The van der Waals surface area contributed by atoms with Crippen LogP contribution in [0.3, 0.4) is 0 Å². The Morgan fingerprint density at radius 1 is 1.15 bits per heavy atom. The molecule has 0 aliphatic heterocycles. The molecule has 0 heterocycles. The Bertz CT molecular complexity index is 882. The Morgan fingerprint density at radius 3 is 2.58 bits per heavy atom. The number of hydrazone groups is 1. The Morgan fingerprint density at radius 2 is 1.85 bits per heavy atom. The van der Waals surface area contributed by atoms with E-state index in [1.807, 2.05) is 0 Å². The molecule has 3 N–H and O–H groups in total. The van der Waals surface area contributed by atoms with Crippen molar-refractivity contribution in [3.63, 3.8) is 0 Å². The molecule has 0 bridgehead atoms. The molecule has 8 heteroatoms. The molecule has 0 aliphatic rings. The second kappa shape index (κ2) is 8.69. The zero-order valence-electron chi connectivity index (χ0n) is 14.1. The highest BCUT2D eigenvalue weighted by Crippen LogP contribution is 2.29. The van der Waals surface area contributed by atoms with Gasteiger partial charge in [0.15, 0.2) is 0 Å². The van der Waals surface area contributed by atoms with Crippen LogP contribution < -0.4 is 10.7 Å². The molecule has 0 unspecified atom stereocenters. The van der Waals surface area contributed by atoms with Gasteiger partial charge >= 0.3 is 0 Å². The van der Waals surface area contributed by atoms with Gasteiger partial charge in [0.25, 0.3) is 5.91 Å². The smallest absolute Gasteiger partial charge is 0.275 e. The fourth-order valence-corrected chi connectivity index (χ4v) is 2.46. The number of halogens is 2. The number of carbonyl (C=O) groups excluding carboxylic acids is 2. The zero-order valence-corrected chi connectivity index (χ0v) is 15.6. The summed E-state index contributed by atoms with van der Waals surface area (Å²) in [7, 11) is 0. The summed E-state index contributed by atoms with van der Waals surface area (Å²) in [6.07, 6.45) is -0.0527. The maximum absolute atomic E-state index is 12.1. The minimum Gasteiger partial charge on any atom is -0.507 e. The SMILES string of the molecule is C/C(CC(=O)Nc1cccc(Cl)c1Cl)=N/NC(=O)c1cccc(C)c1O. The van der Waals surface area contributed by atoms with Gasteiger partial charge in [-0.3, -0.25) is 9.59 Å². The molecular formula is C18H17Cl2N3O3. The second-order valence-electron chi connectivity index (χ2n) is 5.59. The maximum atomic E-state index is 12.1. The van der Waals surface area contributed by atoms with Crippen LogP contribution in [0.2, 0.25) is 10.0 Å². The molecule has 2 amide bonds. The van der Waals surface area contributed by atoms with Gasteiger partial charge in [-0.1, -0.05) is 41.4 Å². The van der Waals surface area contributed by atoms with Crippen molar-refractivity contribution in [2.45, 2.75) is 20.3 Å². The first-order valence-corrected chi connectivity index (χ1v) is 8.41. The van der Waals surface area contributed by atoms with E-state index in [0.29, 0.717) is 22.0 Å². The van der Waals surface area contributed by atoms with Gasteiger partial charge in [0.2, 0.25) is 5.91 Å². The van der Waals surface area contributed by atoms with E-state index in [-0.39, 0.29) is 28.7 Å². The van der Waals surface area contributed by atoms with E-state index in [0.717, 1.165) is 0 Å². The van der Waals surface area contributed by atoms with Crippen molar-refractivity contribution in [3.8, 4) is 5.75 Å². The third kappa shape index (κ3) is 4.97. The van der Waals surface area contributed by atoms with Gasteiger partial charge in [-0.2, -0.15) is 5.10 Å². The van der Waals surface area contributed by atoms with Gasteiger partial charge in [0.05, 0.1) is 27.7 Å². The fraction of sp³-hybridized carbons (Fsp3) is 0.167. The third-order valence-corrected chi connectivity index (χ3v) is 4.29. The number of aromatic hydroxyl groups is 1. The molecule has 0 saturated heterocycles. The lowest BCUT2D eigenvalue weighted by Crippen LogP contribution is -2.21. The number of aryl methyl sites for hydroxylation is 1. The van der Waals surface area contributed by atoms with Crippen molar-refractivity contribution in [1.82, 2.24) is 5.43 Å². The number of phenolic OH excluding ortho intramolecular Hbond substituents is 1. The molecule has 0 spiro atoms. The molecule has 2 aromatic carbocycles. The molecule has 0 fully saturated rings. The second-order valence-corrected chi connectivity index (χ2v) is 6.37. The third-order valence-electron chi connectivity index (χ3n) is 3.47. The maximum Gasteiger partial charge on any atom is 0.275 e. The van der Waals surface area contributed by atoms with Crippen molar-refractivity contribution in [2.75, 3.05) is 5.32 Å². The molecule has 0 aliphatic carbocycles. The van der Waals surface area contributed by atoms with Crippen LogP contribution in [-0.2, 0) is 4.79 Å². The number of anilines is 1. The standard InChI is InChI=1S/C18H17Cl2N3O3/c1-10-5-3-6-12(17(10)25)18(26)23-22-11(2)9-15(24)21-14-8-4-7-13(19)16(14)20/h3-8,25H,9H2,1-2H3,(H,21,24)(H,23,26)/b22-11-. The van der Waals surface area contributed by atoms with Crippen molar-refractivity contribution in [3.05, 3.63) is 57.6 Å². The van der Waals surface area contributed by atoms with E-state index in [4.69, 9.17) is 23.2 Å². The van der Waals surface area contributed by atoms with Crippen molar-refractivity contribution in [2.24, 2.45) is 5.10 Å². The van der Waals surface area contributed by atoms with Crippen molar-refractivity contribution < 1.29 is 14.7 Å². The molecular weight excluding hydrogens is 377 g/mol. The van der Waals surface area contributed by atoms with Crippen LogP contribution in [0.25, 0.3) is 0 Å². The summed E-state index contributed by atoms with van der Waals surface area (Å²) < 4.78 is 0. The highest BCUT2D eigenvalue weighted by Gasteiger charge is 2.13. The predicted octanol–water partition coefficient (Wildman–Crippen LogP) is 4.14. The first-order chi connectivity index (χ1) is 12.3. The monoisotopic (exact) mass is 393 g/mol. The quantitative estimate of drug-likeness (QED) is 0.526. The summed E-state index contributed by atoms with van der Waals surface area (Å²) in [6, 6.07) is 9.73. The highest BCUT2D eigenvalue weighted by molar-refractivity contribution is 6.44. The van der Waals surface area contributed by atoms with E-state index in [9.17, 15) is 14.7 Å². The molecule has 0 saturated carbocycles. The Labute approximate surface area is 160 Å². The number of hydrogen-bond acceptors (Lipinski definition) is 4. The molecule has 136 valence electrons. The summed E-state index contributed by atoms with van der Waals surface area (Å²) in [6.45, 7) is 3.28. The van der Waals surface area contributed by atoms with E-state index < -0.39 is 5.91 Å². The van der Waals surface area contributed by atoms with Gasteiger partial charge in [0.1, 0.15) is 5.75 Å². The Kier molecular flexibility index (Phi) is 6.60. The molecule has 6 nitrogen and oxygen atoms in total. The lowest BCUT2D eigenvalue weighted by atomic mass is 10.1. The number of benzene rings is 2. The summed E-state index contributed by atoms with van der Waals surface area (Å²) in [5.41, 5.74) is 3.78. The van der Waals surface area contributed by atoms with Crippen LogP contribution in [0.5, 0.6) is 5.75 Å². The Balaban J connectivity index is 1.97. The van der Waals surface area contributed by atoms with Crippen LogP contribution in [0.1, 0.15) is 29.3 Å². The van der Waals surface area contributed by atoms with Gasteiger partial charge in [-0.05, 0) is 37.6 Å². The van der Waals surface area contributed by atoms with Gasteiger partial charge < -0.3 is 10.4 Å². The zero-order chi connectivity index (χ0) is 19.3. The number of hydrogen-bond donors (Lipinski definition) is 3. The number of amides is 2. The van der Waals surface area contributed by atoms with Crippen LogP contribution >= 0.6 is 23.2 Å². The van der Waals surface area contributed by atoms with Gasteiger partial charge in [-0.15, -0.1) is 0 Å². The van der Waals surface area contributed by atoms with E-state index in [1.165, 1.54) is 6.07 Å². The topological polar surface area (TPSA) is 90.8 Å². The summed E-state index contributed by atoms with van der Waals surface area (Å²) in [5.74, 6) is -1.03. The molecule has 26 heavy (non-hydrogen) atoms. The lowest BCUT2D eigenvalue weighted by Gasteiger charge is -2.08. The molecule has 0 aromatic heterocycles. The van der Waals surface area contributed by atoms with Crippen molar-refractivity contribution >= 4 is 46.4 Å². The molecule has 0 radical (unpaired) electrons. The number of phenols is 1. The minimum atomic E-state index is -0.566. The normalized spacial score (nSPS) is 11.2. The predicted molar refractivity (Wildman–Crippen MR) is 103 cm³/mol. The first-order valence-electron chi connectivity index (χ1n) is 7.65. The average molecular weight is 394 g/mol. The van der Waals surface area contributed by atoms with Crippen LogP contribution in [0.15, 0.2) is 41.5 Å². The lowest BCUT2D eigenvalue weighted by molar-refractivity contribution is -0.115. The van der Waals surface area contributed by atoms with Crippen LogP contribution in [0.4, 0.5) is 5.69 Å².